The molecule has 0 aliphatic carbocycles. The maximum atomic E-state index is 10.9. The van der Waals surface area contributed by atoms with Crippen LogP contribution in [0.5, 0.6) is 5.75 Å². The lowest BCUT2D eigenvalue weighted by Crippen LogP contribution is -2.21. The monoisotopic (exact) mass is 267 g/mol. The minimum Gasteiger partial charge on any atom is -0.497 e. The Kier molecular flexibility index (Phi) is 5.13. The van der Waals surface area contributed by atoms with E-state index in [-0.39, 0.29) is 23.4 Å². The number of hydrogen-bond donors (Lipinski definition) is 3. The summed E-state index contributed by atoms with van der Waals surface area (Å²) in [6.45, 7) is -0.322. The quantitative estimate of drug-likeness (QED) is 0.402. The summed E-state index contributed by atoms with van der Waals surface area (Å²) in [5.41, 5.74) is 8.22. The van der Waals surface area contributed by atoms with E-state index in [1.807, 2.05) is 0 Å². The van der Waals surface area contributed by atoms with Gasteiger partial charge in [-0.15, -0.1) is 0 Å². The van der Waals surface area contributed by atoms with Crippen molar-refractivity contribution in [2.75, 3.05) is 13.7 Å². The van der Waals surface area contributed by atoms with Crippen molar-refractivity contribution in [1.82, 2.24) is 0 Å². The van der Waals surface area contributed by atoms with E-state index in [0.29, 0.717) is 0 Å². The fourth-order valence-electron chi connectivity index (χ4n) is 1.48. The van der Waals surface area contributed by atoms with Gasteiger partial charge in [-0.25, -0.2) is 4.79 Å². The Balaban J connectivity index is 3.07. The molecular weight excluding hydrogens is 254 g/mol. The van der Waals surface area contributed by atoms with E-state index in [9.17, 15) is 15.0 Å². The van der Waals surface area contributed by atoms with E-state index in [4.69, 9.17) is 15.4 Å². The molecule has 0 saturated heterocycles. The lowest BCUT2D eigenvalue weighted by Gasteiger charge is -2.17. The fraction of sp³-hybridized carbons (Fsp3) is 0.364. The van der Waals surface area contributed by atoms with E-state index in [1.54, 1.807) is 0 Å². The maximum Gasteiger partial charge on any atom is 0.335 e. The Morgan fingerprint density at radius 3 is 2.68 bits per heavy atom. The second kappa shape index (κ2) is 6.60. The molecule has 3 N–H and O–H groups in total. The molecule has 0 aromatic heterocycles. The number of aliphatic hydroxyl groups is 2. The minimum atomic E-state index is -1.38. The third-order valence-electron chi connectivity index (χ3n) is 2.45. The van der Waals surface area contributed by atoms with Crippen LogP contribution in [0.4, 0.5) is 0 Å². The number of aliphatic hydroxyl groups excluding tert-OH is 2. The van der Waals surface area contributed by atoms with Crippen molar-refractivity contribution in [2.45, 2.75) is 12.2 Å². The van der Waals surface area contributed by atoms with Crippen LogP contribution in [0, 0.1) is 0 Å². The third-order valence-corrected chi connectivity index (χ3v) is 2.45. The molecule has 2 unspecified atom stereocenters. The fourth-order valence-corrected chi connectivity index (χ4v) is 1.48. The van der Waals surface area contributed by atoms with E-state index in [2.05, 4.69) is 10.0 Å². The molecule has 1 aromatic carbocycles. The van der Waals surface area contributed by atoms with Gasteiger partial charge in [0.25, 0.3) is 0 Å². The molecule has 8 nitrogen and oxygen atoms in total. The molecule has 0 heterocycles. The topological polar surface area (TPSA) is 136 Å². The van der Waals surface area contributed by atoms with Crippen molar-refractivity contribution in [1.29, 1.82) is 0 Å². The van der Waals surface area contributed by atoms with Crippen molar-refractivity contribution in [3.63, 3.8) is 0 Å². The number of carboxylic acid groups (broad SMARTS) is 1. The first-order valence-corrected chi connectivity index (χ1v) is 5.29. The number of methoxy groups -OCH3 is 1. The van der Waals surface area contributed by atoms with E-state index in [1.165, 1.54) is 25.3 Å². The van der Waals surface area contributed by atoms with Crippen LogP contribution >= 0.6 is 0 Å². The smallest absolute Gasteiger partial charge is 0.335 e. The number of azide groups is 1. The van der Waals surface area contributed by atoms with Crippen molar-refractivity contribution < 1.29 is 24.9 Å². The zero-order valence-electron chi connectivity index (χ0n) is 10.1. The Bertz CT molecular complexity index is 513. The largest absolute Gasteiger partial charge is 0.497 e. The molecule has 102 valence electrons. The zero-order chi connectivity index (χ0) is 14.4. The molecule has 8 heteroatoms. The zero-order valence-corrected chi connectivity index (χ0v) is 10.1. The Morgan fingerprint density at radius 2 is 2.16 bits per heavy atom. The van der Waals surface area contributed by atoms with E-state index < -0.39 is 18.2 Å². The number of nitrogens with zero attached hydrogens (tertiary/aromatic N) is 3. The van der Waals surface area contributed by atoms with Gasteiger partial charge in [0.2, 0.25) is 0 Å². The predicted octanol–water partition coefficient (Wildman–Crippen LogP) is 1.10. The minimum absolute atomic E-state index is 0.0793. The molecular formula is C11H13N3O5. The molecule has 0 spiro atoms. The SMILES string of the molecule is COc1cc(C(=O)O)cc(C(O)C(O)CN=[N+]=[N-])c1. The van der Waals surface area contributed by atoms with Gasteiger partial charge in [-0.05, 0) is 29.3 Å². The highest BCUT2D eigenvalue weighted by Gasteiger charge is 2.20. The van der Waals surface area contributed by atoms with Crippen LogP contribution in [-0.4, -0.2) is 41.0 Å². The number of aromatic carboxylic acids is 1. The summed E-state index contributed by atoms with van der Waals surface area (Å²) in [5, 5.41) is 31.5. The first kappa shape index (κ1) is 14.8. The number of hydrogen-bond acceptors (Lipinski definition) is 5. The van der Waals surface area contributed by atoms with Gasteiger partial charge < -0.3 is 20.1 Å². The summed E-state index contributed by atoms with van der Waals surface area (Å²) in [7, 11) is 1.35. The highest BCUT2D eigenvalue weighted by atomic mass is 16.5. The van der Waals surface area contributed by atoms with Crippen LogP contribution in [0.25, 0.3) is 10.4 Å². The van der Waals surface area contributed by atoms with Gasteiger partial charge in [0.15, 0.2) is 0 Å². The van der Waals surface area contributed by atoms with E-state index in [0.717, 1.165) is 0 Å². The van der Waals surface area contributed by atoms with Crippen LogP contribution in [0.2, 0.25) is 0 Å². The molecule has 0 aliphatic heterocycles. The normalized spacial score (nSPS) is 13.2. The lowest BCUT2D eigenvalue weighted by molar-refractivity contribution is 0.0242. The van der Waals surface area contributed by atoms with E-state index >= 15 is 0 Å². The van der Waals surface area contributed by atoms with Gasteiger partial charge in [0, 0.05) is 4.91 Å². The second-order valence-electron chi connectivity index (χ2n) is 3.73. The first-order valence-electron chi connectivity index (χ1n) is 5.29. The molecule has 1 aromatic rings. The highest BCUT2D eigenvalue weighted by molar-refractivity contribution is 5.88. The maximum absolute atomic E-state index is 10.9. The molecule has 0 bridgehead atoms. The molecule has 1 rings (SSSR count). The summed E-state index contributed by atoms with van der Waals surface area (Å²) in [5.74, 6) is -0.943. The molecule has 0 fully saturated rings. The molecule has 0 radical (unpaired) electrons. The highest BCUT2D eigenvalue weighted by Crippen LogP contribution is 2.24. The Hall–Kier alpha value is -2.28. The Labute approximate surface area is 108 Å². The molecule has 0 saturated carbocycles. The number of carbonyl (C=O) groups is 1. The van der Waals surface area contributed by atoms with Crippen LogP contribution in [0.3, 0.4) is 0 Å². The summed E-state index contributed by atoms with van der Waals surface area (Å²) in [4.78, 5) is 13.4. The first-order chi connectivity index (χ1) is 8.99. The molecule has 19 heavy (non-hydrogen) atoms. The average Bonchev–Trinajstić information content (AvgIpc) is 2.43. The third kappa shape index (κ3) is 3.85. The average molecular weight is 267 g/mol. The standard InChI is InChI=1S/C11H13N3O5/c1-19-8-3-6(2-7(4-8)11(17)18)10(16)9(15)5-13-14-12/h2-4,9-10,15-16H,5H2,1H3,(H,17,18). The van der Waals surface area contributed by atoms with Gasteiger partial charge in [0.1, 0.15) is 11.9 Å². The lowest BCUT2D eigenvalue weighted by atomic mass is 10.0. The van der Waals surface area contributed by atoms with Crippen LogP contribution < -0.4 is 4.74 Å². The number of rotatable bonds is 6. The van der Waals surface area contributed by atoms with Gasteiger partial charge in [0.05, 0.1) is 25.3 Å². The van der Waals surface area contributed by atoms with Gasteiger partial charge in [-0.2, -0.15) is 0 Å². The van der Waals surface area contributed by atoms with Crippen molar-refractivity contribution in [2.24, 2.45) is 5.11 Å². The molecule has 0 amide bonds. The van der Waals surface area contributed by atoms with Crippen LogP contribution in [0.15, 0.2) is 23.3 Å². The summed E-state index contributed by atoms with van der Waals surface area (Å²) in [6.07, 6.45) is -2.71. The predicted molar refractivity (Wildman–Crippen MR) is 64.9 cm³/mol. The Morgan fingerprint density at radius 1 is 1.47 bits per heavy atom. The number of ether oxygens (including phenoxy) is 1. The van der Waals surface area contributed by atoms with Crippen molar-refractivity contribution in [3.8, 4) is 5.75 Å². The van der Waals surface area contributed by atoms with Crippen LogP contribution in [-0.2, 0) is 0 Å². The summed E-state index contributed by atoms with van der Waals surface area (Å²) >= 11 is 0. The number of benzene rings is 1. The van der Waals surface area contributed by atoms with Crippen molar-refractivity contribution in [3.05, 3.63) is 39.8 Å². The molecule has 2 atom stereocenters. The molecule has 0 aliphatic rings. The summed E-state index contributed by atoms with van der Waals surface area (Å²) in [6, 6.07) is 3.91. The van der Waals surface area contributed by atoms with Gasteiger partial charge in [-0.3, -0.25) is 0 Å². The summed E-state index contributed by atoms with van der Waals surface area (Å²) < 4.78 is 4.92. The van der Waals surface area contributed by atoms with Gasteiger partial charge >= 0.3 is 5.97 Å². The van der Waals surface area contributed by atoms with Crippen LogP contribution in [0.1, 0.15) is 22.0 Å². The van der Waals surface area contributed by atoms with Crippen molar-refractivity contribution >= 4 is 5.97 Å². The number of carboxylic acids is 1. The second-order valence-corrected chi connectivity index (χ2v) is 3.73. The van der Waals surface area contributed by atoms with Gasteiger partial charge in [-0.1, -0.05) is 5.11 Å².